The van der Waals surface area contributed by atoms with Gasteiger partial charge in [-0.3, -0.25) is 9.69 Å². The molecule has 0 heterocycles. The molecule has 1 aromatic carbocycles. The normalized spacial score (nSPS) is 11.7. The molecular weight excluding hydrogens is 274 g/mol. The number of hydrogen-bond donors (Lipinski definition) is 1. The summed E-state index contributed by atoms with van der Waals surface area (Å²) < 4.78 is 0. The summed E-state index contributed by atoms with van der Waals surface area (Å²) in [6, 6.07) is 7.64. The lowest BCUT2D eigenvalue weighted by atomic mass is 10.2. The number of rotatable bonds is 8. The fourth-order valence-corrected chi connectivity index (χ4v) is 2.07. The van der Waals surface area contributed by atoms with E-state index in [-0.39, 0.29) is 6.42 Å². The molecule has 1 aromatic rings. The third kappa shape index (κ3) is 7.31. The predicted molar refractivity (Wildman–Crippen MR) is 84.0 cm³/mol. The van der Waals surface area contributed by atoms with E-state index in [9.17, 15) is 4.79 Å². The zero-order chi connectivity index (χ0) is 15.0. The highest BCUT2D eigenvalue weighted by Crippen LogP contribution is 2.10. The average Bonchev–Trinajstić information content (AvgIpc) is 2.37. The zero-order valence-electron chi connectivity index (χ0n) is 12.1. The summed E-state index contributed by atoms with van der Waals surface area (Å²) in [4.78, 5) is 12.8. The van der Waals surface area contributed by atoms with Crippen molar-refractivity contribution >= 4 is 23.6 Å². The Balaban J connectivity index is 2.51. The van der Waals surface area contributed by atoms with Crippen LogP contribution in [0.1, 0.15) is 25.8 Å². The molecule has 1 rings (SSSR count). The highest BCUT2D eigenvalue weighted by atomic mass is 35.5. The minimum absolute atomic E-state index is 0.182. The van der Waals surface area contributed by atoms with Crippen LogP contribution in [-0.2, 0) is 4.79 Å². The topological polar surface area (TPSA) is 40.5 Å². The lowest BCUT2D eigenvalue weighted by Gasteiger charge is -2.21. The van der Waals surface area contributed by atoms with Crippen LogP contribution < -0.4 is 0 Å². The van der Waals surface area contributed by atoms with Crippen LogP contribution in [0.4, 0.5) is 0 Å². The maximum atomic E-state index is 10.7. The van der Waals surface area contributed by atoms with Gasteiger partial charge in [0.1, 0.15) is 0 Å². The van der Waals surface area contributed by atoms with Crippen molar-refractivity contribution in [1.82, 2.24) is 4.90 Å². The van der Waals surface area contributed by atoms with Gasteiger partial charge >= 0.3 is 5.97 Å². The Kier molecular flexibility index (Phi) is 7.34. The van der Waals surface area contributed by atoms with Crippen LogP contribution in [0.3, 0.4) is 0 Å². The molecule has 3 nitrogen and oxygen atoms in total. The summed E-state index contributed by atoms with van der Waals surface area (Å²) in [6.45, 7) is 6.51. The number of hydrogen-bond acceptors (Lipinski definition) is 2. The Labute approximate surface area is 125 Å². The molecule has 0 aliphatic heterocycles. The summed E-state index contributed by atoms with van der Waals surface area (Å²) in [7, 11) is 0. The lowest BCUT2D eigenvalue weighted by molar-refractivity contribution is -0.137. The molecular formula is C16H22ClNO2. The highest BCUT2D eigenvalue weighted by molar-refractivity contribution is 6.30. The number of aliphatic carboxylic acids is 1. The molecule has 0 saturated heterocycles. The Morgan fingerprint density at radius 3 is 2.55 bits per heavy atom. The van der Waals surface area contributed by atoms with E-state index < -0.39 is 5.97 Å². The van der Waals surface area contributed by atoms with Crippen molar-refractivity contribution in [2.75, 3.05) is 19.6 Å². The lowest BCUT2D eigenvalue weighted by Crippen LogP contribution is -2.30. The first kappa shape index (κ1) is 16.7. The minimum atomic E-state index is -0.750. The number of carboxylic acids is 1. The maximum absolute atomic E-state index is 10.7. The van der Waals surface area contributed by atoms with Gasteiger partial charge < -0.3 is 5.11 Å². The minimum Gasteiger partial charge on any atom is -0.481 e. The number of carboxylic acid groups (broad SMARTS) is 1. The van der Waals surface area contributed by atoms with Gasteiger partial charge in [0, 0.05) is 24.7 Å². The van der Waals surface area contributed by atoms with Gasteiger partial charge in [0.2, 0.25) is 0 Å². The molecule has 20 heavy (non-hydrogen) atoms. The zero-order valence-corrected chi connectivity index (χ0v) is 12.8. The Morgan fingerprint density at radius 2 is 2.00 bits per heavy atom. The fraction of sp³-hybridized carbons (Fsp3) is 0.438. The largest absolute Gasteiger partial charge is 0.481 e. The van der Waals surface area contributed by atoms with Crippen molar-refractivity contribution < 1.29 is 9.90 Å². The van der Waals surface area contributed by atoms with Crippen LogP contribution in [0.5, 0.6) is 0 Å². The summed E-state index contributed by atoms with van der Waals surface area (Å²) >= 11 is 5.84. The molecule has 0 atom stereocenters. The van der Waals surface area contributed by atoms with E-state index in [0.717, 1.165) is 23.7 Å². The summed E-state index contributed by atoms with van der Waals surface area (Å²) in [5.74, 6) is -0.229. The van der Waals surface area contributed by atoms with Gasteiger partial charge in [0.05, 0.1) is 6.42 Å². The van der Waals surface area contributed by atoms with Crippen molar-refractivity contribution in [2.24, 2.45) is 5.92 Å². The van der Waals surface area contributed by atoms with E-state index in [4.69, 9.17) is 16.7 Å². The number of nitrogens with zero attached hydrogens (tertiary/aromatic N) is 1. The van der Waals surface area contributed by atoms with Gasteiger partial charge in [0.15, 0.2) is 0 Å². The molecule has 0 spiro atoms. The summed E-state index contributed by atoms with van der Waals surface area (Å²) in [5.41, 5.74) is 1.09. The third-order valence-electron chi connectivity index (χ3n) is 2.81. The van der Waals surface area contributed by atoms with Crippen LogP contribution in [0.25, 0.3) is 6.08 Å². The molecule has 0 bridgehead atoms. The Bertz CT molecular complexity index is 440. The first-order chi connectivity index (χ1) is 9.47. The van der Waals surface area contributed by atoms with Crippen molar-refractivity contribution in [2.45, 2.75) is 20.3 Å². The molecule has 0 saturated carbocycles. The smallest absolute Gasteiger partial charge is 0.304 e. The van der Waals surface area contributed by atoms with E-state index in [1.54, 1.807) is 0 Å². The van der Waals surface area contributed by atoms with Gasteiger partial charge in [-0.1, -0.05) is 49.7 Å². The van der Waals surface area contributed by atoms with Crippen LogP contribution in [0, 0.1) is 5.92 Å². The second kappa shape index (κ2) is 8.77. The number of benzene rings is 1. The van der Waals surface area contributed by atoms with Gasteiger partial charge in [-0.05, 0) is 23.6 Å². The van der Waals surface area contributed by atoms with E-state index in [1.165, 1.54) is 0 Å². The van der Waals surface area contributed by atoms with E-state index in [0.29, 0.717) is 12.5 Å². The number of carbonyl (C=O) groups is 1. The molecule has 0 aliphatic rings. The van der Waals surface area contributed by atoms with Crippen molar-refractivity contribution in [3.8, 4) is 0 Å². The SMILES string of the molecule is CC(C)CN(C/C=C/c1ccc(Cl)cc1)CCC(=O)O. The maximum Gasteiger partial charge on any atom is 0.304 e. The molecule has 1 N–H and O–H groups in total. The molecule has 0 radical (unpaired) electrons. The van der Waals surface area contributed by atoms with Crippen molar-refractivity contribution in [3.05, 3.63) is 40.9 Å². The third-order valence-corrected chi connectivity index (χ3v) is 3.06. The van der Waals surface area contributed by atoms with Gasteiger partial charge in [-0.2, -0.15) is 0 Å². The highest BCUT2D eigenvalue weighted by Gasteiger charge is 2.07. The second-order valence-electron chi connectivity index (χ2n) is 5.25. The first-order valence-corrected chi connectivity index (χ1v) is 7.21. The van der Waals surface area contributed by atoms with Gasteiger partial charge in [0.25, 0.3) is 0 Å². The molecule has 110 valence electrons. The second-order valence-corrected chi connectivity index (χ2v) is 5.69. The monoisotopic (exact) mass is 295 g/mol. The molecule has 4 heteroatoms. The quantitative estimate of drug-likeness (QED) is 0.793. The summed E-state index contributed by atoms with van der Waals surface area (Å²) in [6.07, 6.45) is 4.28. The molecule has 0 aromatic heterocycles. The Hall–Kier alpha value is -1.32. The molecule has 0 amide bonds. The molecule has 0 fully saturated rings. The van der Waals surface area contributed by atoms with Crippen LogP contribution in [-0.4, -0.2) is 35.6 Å². The van der Waals surface area contributed by atoms with E-state index >= 15 is 0 Å². The van der Waals surface area contributed by atoms with E-state index in [1.807, 2.05) is 30.3 Å². The van der Waals surface area contributed by atoms with Crippen molar-refractivity contribution in [3.63, 3.8) is 0 Å². The molecule has 0 unspecified atom stereocenters. The van der Waals surface area contributed by atoms with Crippen LogP contribution in [0.15, 0.2) is 30.3 Å². The Morgan fingerprint density at radius 1 is 1.35 bits per heavy atom. The predicted octanol–water partition coefficient (Wildman–Crippen LogP) is 3.79. The molecule has 0 aliphatic carbocycles. The van der Waals surface area contributed by atoms with E-state index in [2.05, 4.69) is 24.8 Å². The van der Waals surface area contributed by atoms with Gasteiger partial charge in [-0.25, -0.2) is 0 Å². The van der Waals surface area contributed by atoms with Crippen LogP contribution in [0.2, 0.25) is 5.02 Å². The average molecular weight is 296 g/mol. The number of halogens is 1. The van der Waals surface area contributed by atoms with Gasteiger partial charge in [-0.15, -0.1) is 0 Å². The summed E-state index contributed by atoms with van der Waals surface area (Å²) in [5, 5.41) is 9.50. The first-order valence-electron chi connectivity index (χ1n) is 6.83. The standard InChI is InChI=1S/C16H22ClNO2/c1-13(2)12-18(11-9-16(19)20)10-3-4-14-5-7-15(17)8-6-14/h3-8,13H,9-12H2,1-2H3,(H,19,20)/b4-3+. The fourth-order valence-electron chi connectivity index (χ4n) is 1.94. The van der Waals surface area contributed by atoms with Crippen LogP contribution >= 0.6 is 11.6 Å². The van der Waals surface area contributed by atoms with Crippen molar-refractivity contribution in [1.29, 1.82) is 0 Å².